The first kappa shape index (κ1) is 11.1. The van der Waals surface area contributed by atoms with Crippen molar-refractivity contribution in [1.82, 2.24) is 0 Å². The molecule has 82 valence electrons. The highest BCUT2D eigenvalue weighted by Crippen LogP contribution is 2.40. The SMILES string of the molecule is Fc1ccc(F)c(C2CCO[PH](=S)O2)c1. The van der Waals surface area contributed by atoms with Gasteiger partial charge in [0.25, 0.3) is 0 Å². The average molecular weight is 250 g/mol. The van der Waals surface area contributed by atoms with E-state index in [4.69, 9.17) is 20.9 Å². The molecular formula is C9H9F2O2PS. The fourth-order valence-electron chi connectivity index (χ4n) is 1.44. The summed E-state index contributed by atoms with van der Waals surface area (Å²) in [4.78, 5) is 0. The summed E-state index contributed by atoms with van der Waals surface area (Å²) in [6, 6.07) is 3.33. The van der Waals surface area contributed by atoms with Gasteiger partial charge in [-0.2, -0.15) is 0 Å². The van der Waals surface area contributed by atoms with Gasteiger partial charge in [-0.15, -0.1) is 0 Å². The third-order valence-corrected chi connectivity index (χ3v) is 3.70. The van der Waals surface area contributed by atoms with E-state index in [-0.39, 0.29) is 5.56 Å². The van der Waals surface area contributed by atoms with E-state index in [0.29, 0.717) is 13.0 Å². The van der Waals surface area contributed by atoms with Crippen LogP contribution in [0.2, 0.25) is 0 Å². The number of benzene rings is 1. The molecule has 0 bridgehead atoms. The molecule has 2 nitrogen and oxygen atoms in total. The van der Waals surface area contributed by atoms with Crippen LogP contribution >= 0.6 is 7.15 Å². The lowest BCUT2D eigenvalue weighted by molar-refractivity contribution is 0.116. The predicted molar refractivity (Wildman–Crippen MR) is 56.4 cm³/mol. The second-order valence-electron chi connectivity index (χ2n) is 3.16. The fraction of sp³-hybridized carbons (Fsp3) is 0.333. The first-order valence-electron chi connectivity index (χ1n) is 4.45. The molecule has 0 saturated carbocycles. The molecular weight excluding hydrogens is 241 g/mol. The lowest BCUT2D eigenvalue weighted by atomic mass is 10.1. The van der Waals surface area contributed by atoms with Gasteiger partial charge in [0.2, 0.25) is 0 Å². The maximum absolute atomic E-state index is 13.4. The third-order valence-electron chi connectivity index (χ3n) is 2.14. The van der Waals surface area contributed by atoms with Crippen LogP contribution in [0.25, 0.3) is 0 Å². The minimum absolute atomic E-state index is 0.227. The highest BCUT2D eigenvalue weighted by atomic mass is 32.4. The van der Waals surface area contributed by atoms with Crippen molar-refractivity contribution in [1.29, 1.82) is 0 Å². The highest BCUT2D eigenvalue weighted by molar-refractivity contribution is 8.00. The summed E-state index contributed by atoms with van der Waals surface area (Å²) in [7, 11) is -1.72. The number of halogens is 2. The molecule has 2 atom stereocenters. The van der Waals surface area contributed by atoms with E-state index in [1.54, 1.807) is 0 Å². The molecule has 0 aliphatic carbocycles. The van der Waals surface area contributed by atoms with E-state index >= 15 is 0 Å². The van der Waals surface area contributed by atoms with Crippen molar-refractivity contribution >= 4 is 19.0 Å². The van der Waals surface area contributed by atoms with Gasteiger partial charge in [-0.3, -0.25) is 0 Å². The number of hydrogen-bond donors (Lipinski definition) is 0. The van der Waals surface area contributed by atoms with Crippen LogP contribution in [0, 0.1) is 11.6 Å². The largest absolute Gasteiger partial charge is 0.331 e. The summed E-state index contributed by atoms with van der Waals surface area (Å²) in [5.74, 6) is -0.937. The second-order valence-corrected chi connectivity index (χ2v) is 5.18. The molecule has 1 aromatic rings. The first-order chi connectivity index (χ1) is 7.16. The molecule has 0 aromatic heterocycles. The van der Waals surface area contributed by atoms with E-state index in [9.17, 15) is 8.78 Å². The Balaban J connectivity index is 2.27. The topological polar surface area (TPSA) is 18.5 Å². The minimum Gasteiger partial charge on any atom is -0.331 e. The standard InChI is InChI=1S/C9H9F2O2PS/c10-6-1-2-8(11)7(5-6)9-3-4-12-14(15)13-9/h1-2,5,9,14H,3-4H2. The van der Waals surface area contributed by atoms with Crippen LogP contribution in [-0.4, -0.2) is 6.61 Å². The highest BCUT2D eigenvalue weighted by Gasteiger charge is 2.22. The number of rotatable bonds is 1. The second kappa shape index (κ2) is 4.66. The molecule has 0 amide bonds. The van der Waals surface area contributed by atoms with Gasteiger partial charge in [-0.25, -0.2) is 8.78 Å². The summed E-state index contributed by atoms with van der Waals surface area (Å²) >= 11 is 4.88. The first-order valence-corrected chi connectivity index (χ1v) is 6.90. The summed E-state index contributed by atoms with van der Waals surface area (Å²) in [6.07, 6.45) is 0.0337. The van der Waals surface area contributed by atoms with Crippen molar-refractivity contribution < 1.29 is 17.8 Å². The van der Waals surface area contributed by atoms with E-state index in [2.05, 4.69) is 0 Å². The van der Waals surface area contributed by atoms with Crippen molar-refractivity contribution in [3.8, 4) is 0 Å². The van der Waals surface area contributed by atoms with Crippen molar-refractivity contribution in [2.24, 2.45) is 0 Å². The summed E-state index contributed by atoms with van der Waals surface area (Å²) in [5, 5.41) is 0. The fourth-order valence-corrected chi connectivity index (χ4v) is 2.87. The zero-order chi connectivity index (χ0) is 10.8. The lowest BCUT2D eigenvalue weighted by Crippen LogP contribution is -2.11. The van der Waals surface area contributed by atoms with Crippen molar-refractivity contribution in [3.05, 3.63) is 35.4 Å². The van der Waals surface area contributed by atoms with Crippen LogP contribution in [0.1, 0.15) is 18.1 Å². The zero-order valence-electron chi connectivity index (χ0n) is 7.70. The van der Waals surface area contributed by atoms with Gasteiger partial charge in [0.15, 0.2) is 7.15 Å². The Morgan fingerprint density at radius 3 is 2.93 bits per heavy atom. The van der Waals surface area contributed by atoms with Crippen molar-refractivity contribution in [2.45, 2.75) is 12.5 Å². The Labute approximate surface area is 91.8 Å². The van der Waals surface area contributed by atoms with Crippen LogP contribution < -0.4 is 0 Å². The molecule has 0 N–H and O–H groups in total. The van der Waals surface area contributed by atoms with E-state index in [0.717, 1.165) is 18.2 Å². The van der Waals surface area contributed by atoms with Gasteiger partial charge in [0.1, 0.15) is 11.6 Å². The van der Waals surface area contributed by atoms with Gasteiger partial charge in [-0.05, 0) is 30.0 Å². The third kappa shape index (κ3) is 2.61. The van der Waals surface area contributed by atoms with Crippen LogP contribution in [0.15, 0.2) is 18.2 Å². The Bertz CT molecular complexity index is 400. The van der Waals surface area contributed by atoms with Gasteiger partial charge in [-0.1, -0.05) is 0 Å². The molecule has 0 radical (unpaired) electrons. The Kier molecular flexibility index (Phi) is 3.46. The normalized spacial score (nSPS) is 26.5. The predicted octanol–water partition coefficient (Wildman–Crippen LogP) is 2.95. The Morgan fingerprint density at radius 2 is 2.20 bits per heavy atom. The van der Waals surface area contributed by atoms with E-state index in [1.165, 1.54) is 0 Å². The molecule has 1 heterocycles. The van der Waals surface area contributed by atoms with Gasteiger partial charge >= 0.3 is 0 Å². The quantitative estimate of drug-likeness (QED) is 0.714. The maximum atomic E-state index is 13.4. The summed E-state index contributed by atoms with van der Waals surface area (Å²) in [5.41, 5.74) is 0.227. The molecule has 0 spiro atoms. The maximum Gasteiger partial charge on any atom is 0.176 e. The van der Waals surface area contributed by atoms with Crippen LogP contribution in [-0.2, 0) is 20.9 Å². The zero-order valence-corrected chi connectivity index (χ0v) is 9.52. The summed E-state index contributed by atoms with van der Waals surface area (Å²) in [6.45, 7) is 0.443. The average Bonchev–Trinajstić information content (AvgIpc) is 2.22. The molecule has 2 unspecified atom stereocenters. The molecule has 1 aliphatic heterocycles. The Hall–Kier alpha value is -0.350. The van der Waals surface area contributed by atoms with Gasteiger partial charge < -0.3 is 9.05 Å². The molecule has 15 heavy (non-hydrogen) atoms. The van der Waals surface area contributed by atoms with Crippen LogP contribution in [0.4, 0.5) is 8.78 Å². The van der Waals surface area contributed by atoms with Crippen LogP contribution in [0.3, 0.4) is 0 Å². The van der Waals surface area contributed by atoms with Crippen LogP contribution in [0.5, 0.6) is 0 Å². The van der Waals surface area contributed by atoms with E-state index < -0.39 is 24.9 Å². The smallest absolute Gasteiger partial charge is 0.176 e. The molecule has 1 saturated heterocycles. The van der Waals surface area contributed by atoms with Gasteiger partial charge in [0, 0.05) is 12.0 Å². The molecule has 2 rings (SSSR count). The molecule has 1 aliphatic rings. The van der Waals surface area contributed by atoms with E-state index in [1.807, 2.05) is 0 Å². The molecule has 6 heteroatoms. The minimum atomic E-state index is -1.72. The van der Waals surface area contributed by atoms with Crippen molar-refractivity contribution in [2.75, 3.05) is 6.61 Å². The Morgan fingerprint density at radius 1 is 1.40 bits per heavy atom. The molecule has 1 fully saturated rings. The van der Waals surface area contributed by atoms with Gasteiger partial charge in [0.05, 0.1) is 12.7 Å². The summed E-state index contributed by atoms with van der Waals surface area (Å²) < 4.78 is 36.7. The molecule has 1 aromatic carbocycles. The van der Waals surface area contributed by atoms with Crippen molar-refractivity contribution in [3.63, 3.8) is 0 Å². The monoisotopic (exact) mass is 250 g/mol. The number of hydrogen-bond acceptors (Lipinski definition) is 3. The lowest BCUT2D eigenvalue weighted by Gasteiger charge is -2.24.